The summed E-state index contributed by atoms with van der Waals surface area (Å²) in [6.45, 7) is 2.52. The lowest BCUT2D eigenvalue weighted by atomic mass is 10.0. The molecule has 1 saturated heterocycles. The van der Waals surface area contributed by atoms with Crippen LogP contribution in [0.15, 0.2) is 67.1 Å². The molecule has 0 spiro atoms. The van der Waals surface area contributed by atoms with Crippen LogP contribution in [0.3, 0.4) is 0 Å². The van der Waals surface area contributed by atoms with Gasteiger partial charge in [-0.3, -0.25) is 14.3 Å². The molecule has 0 bridgehead atoms. The Balaban J connectivity index is 1.09. The number of nitrogens with two attached hydrogens (primary N) is 1. The maximum absolute atomic E-state index is 13.2. The van der Waals surface area contributed by atoms with Crippen LogP contribution in [0, 0.1) is 0 Å². The normalized spacial score (nSPS) is 16.4. The van der Waals surface area contributed by atoms with E-state index in [1.807, 2.05) is 43.6 Å². The fraction of sp³-hybridized carbons (Fsp3) is 0.267. The van der Waals surface area contributed by atoms with E-state index in [-0.39, 0.29) is 23.7 Å². The Morgan fingerprint density at radius 3 is 2.55 bits per heavy atom. The van der Waals surface area contributed by atoms with Crippen molar-refractivity contribution in [3.05, 3.63) is 78.2 Å². The molecule has 0 unspecified atom stereocenters. The lowest BCUT2D eigenvalue weighted by Crippen LogP contribution is -2.38. The van der Waals surface area contributed by atoms with Gasteiger partial charge in [0.2, 0.25) is 0 Å². The van der Waals surface area contributed by atoms with Crippen molar-refractivity contribution in [1.82, 2.24) is 25.0 Å². The Kier molecular flexibility index (Phi) is 6.59. The number of anilines is 2. The number of aromatic nitrogens is 3. The summed E-state index contributed by atoms with van der Waals surface area (Å²) in [6.07, 6.45) is 5.85. The quantitative estimate of drug-likeness (QED) is 0.401. The molecule has 4 heterocycles. The van der Waals surface area contributed by atoms with E-state index in [0.717, 1.165) is 40.2 Å². The van der Waals surface area contributed by atoms with Gasteiger partial charge in [0.05, 0.1) is 24.0 Å². The number of nitrogens with zero attached hydrogens (tertiary/aromatic N) is 5. The average Bonchev–Trinajstić information content (AvgIpc) is 3.62. The van der Waals surface area contributed by atoms with E-state index in [0.29, 0.717) is 37.2 Å². The summed E-state index contributed by atoms with van der Waals surface area (Å²) in [5.74, 6) is 0.671. The van der Waals surface area contributed by atoms with Crippen molar-refractivity contribution in [3.63, 3.8) is 0 Å². The second kappa shape index (κ2) is 10.4. The Morgan fingerprint density at radius 2 is 1.77 bits per heavy atom. The number of amides is 2. The SMILES string of the molecule is CN1CCOc2cc(-c3ccc(C(=O)N4CC[C@@H](NC(=O)c5cc(-c6cnn(C)c6)cnc5N)C4)cc3)ccc21. The molecule has 204 valence electrons. The van der Waals surface area contributed by atoms with E-state index in [1.54, 1.807) is 28.0 Å². The summed E-state index contributed by atoms with van der Waals surface area (Å²) in [7, 11) is 3.89. The lowest BCUT2D eigenvalue weighted by Gasteiger charge is -2.28. The highest BCUT2D eigenvalue weighted by atomic mass is 16.5. The van der Waals surface area contributed by atoms with E-state index in [1.165, 1.54) is 0 Å². The number of ether oxygens (including phenoxy) is 1. The molecule has 2 aromatic heterocycles. The van der Waals surface area contributed by atoms with Crippen molar-refractivity contribution in [2.24, 2.45) is 7.05 Å². The third-order valence-corrected chi connectivity index (χ3v) is 7.53. The summed E-state index contributed by atoms with van der Waals surface area (Å²) in [5.41, 5.74) is 11.7. The van der Waals surface area contributed by atoms with Gasteiger partial charge >= 0.3 is 0 Å². The number of benzene rings is 2. The zero-order valence-electron chi connectivity index (χ0n) is 22.5. The Labute approximate surface area is 232 Å². The molecule has 3 N–H and O–H groups in total. The molecule has 6 rings (SSSR count). The molecule has 0 radical (unpaired) electrons. The summed E-state index contributed by atoms with van der Waals surface area (Å²) in [4.78, 5) is 34.5. The summed E-state index contributed by atoms with van der Waals surface area (Å²) >= 11 is 0. The first kappa shape index (κ1) is 25.4. The van der Waals surface area contributed by atoms with Crippen LogP contribution < -0.4 is 20.7 Å². The number of pyridine rings is 1. The Morgan fingerprint density at radius 1 is 0.975 bits per heavy atom. The molecule has 1 atom stereocenters. The average molecular weight is 538 g/mol. The number of carbonyl (C=O) groups is 2. The van der Waals surface area contributed by atoms with Crippen LogP contribution in [0.25, 0.3) is 22.3 Å². The van der Waals surface area contributed by atoms with Gasteiger partial charge in [-0.2, -0.15) is 5.10 Å². The second-order valence-corrected chi connectivity index (χ2v) is 10.3. The van der Waals surface area contributed by atoms with Gasteiger partial charge in [0, 0.05) is 62.3 Å². The van der Waals surface area contributed by atoms with Crippen molar-refractivity contribution < 1.29 is 14.3 Å². The van der Waals surface area contributed by atoms with Crippen LogP contribution in [0.4, 0.5) is 11.5 Å². The van der Waals surface area contributed by atoms with E-state index >= 15 is 0 Å². The maximum atomic E-state index is 13.2. The first-order valence-electron chi connectivity index (χ1n) is 13.3. The van der Waals surface area contributed by atoms with Crippen molar-refractivity contribution in [3.8, 4) is 28.0 Å². The number of nitrogen functional groups attached to an aromatic ring is 1. The van der Waals surface area contributed by atoms with E-state index < -0.39 is 0 Å². The van der Waals surface area contributed by atoms with Crippen LogP contribution >= 0.6 is 0 Å². The van der Waals surface area contributed by atoms with E-state index in [9.17, 15) is 9.59 Å². The summed E-state index contributed by atoms with van der Waals surface area (Å²) in [5, 5.41) is 7.20. The number of carbonyl (C=O) groups excluding carboxylic acids is 2. The predicted octanol–water partition coefficient (Wildman–Crippen LogP) is 3.20. The third-order valence-electron chi connectivity index (χ3n) is 7.53. The van der Waals surface area contributed by atoms with Gasteiger partial charge in [0.25, 0.3) is 11.8 Å². The molecule has 4 aromatic rings. The van der Waals surface area contributed by atoms with Crippen LogP contribution in [-0.2, 0) is 7.05 Å². The maximum Gasteiger partial charge on any atom is 0.255 e. The minimum Gasteiger partial charge on any atom is -0.490 e. The molecule has 2 amide bonds. The highest BCUT2D eigenvalue weighted by Crippen LogP contribution is 2.35. The van der Waals surface area contributed by atoms with Crippen LogP contribution in [-0.4, -0.2) is 70.8 Å². The van der Waals surface area contributed by atoms with Gasteiger partial charge in [-0.1, -0.05) is 18.2 Å². The van der Waals surface area contributed by atoms with Crippen LogP contribution in [0.2, 0.25) is 0 Å². The number of hydrogen-bond acceptors (Lipinski definition) is 7. The Hall–Kier alpha value is -4.86. The summed E-state index contributed by atoms with van der Waals surface area (Å²) < 4.78 is 7.52. The van der Waals surface area contributed by atoms with Crippen molar-refractivity contribution in [2.45, 2.75) is 12.5 Å². The number of fused-ring (bicyclic) bond motifs is 1. The molecule has 2 aliphatic heterocycles. The highest BCUT2D eigenvalue weighted by Gasteiger charge is 2.29. The fourth-order valence-electron chi connectivity index (χ4n) is 5.24. The first-order chi connectivity index (χ1) is 19.4. The number of rotatable bonds is 5. The molecule has 10 heteroatoms. The highest BCUT2D eigenvalue weighted by molar-refractivity contribution is 6.00. The van der Waals surface area contributed by atoms with Gasteiger partial charge in [0.1, 0.15) is 18.2 Å². The van der Waals surface area contributed by atoms with Gasteiger partial charge in [-0.25, -0.2) is 4.98 Å². The van der Waals surface area contributed by atoms with Crippen molar-refractivity contribution in [1.29, 1.82) is 0 Å². The van der Waals surface area contributed by atoms with Crippen LogP contribution in [0.1, 0.15) is 27.1 Å². The topological polar surface area (TPSA) is 119 Å². The smallest absolute Gasteiger partial charge is 0.255 e. The van der Waals surface area contributed by atoms with E-state index in [4.69, 9.17) is 10.5 Å². The molecule has 0 aliphatic carbocycles. The predicted molar refractivity (Wildman–Crippen MR) is 153 cm³/mol. The monoisotopic (exact) mass is 537 g/mol. The largest absolute Gasteiger partial charge is 0.490 e. The molecule has 2 aliphatic rings. The number of likely N-dealkylation sites (N-methyl/N-ethyl adjacent to an activating group) is 1. The molecule has 2 aromatic carbocycles. The standard InChI is InChI=1S/C30H31N7O3/c1-35-11-12-40-27-14-21(7-8-26(27)35)19-3-5-20(6-4-19)30(39)37-10-9-24(18-37)34-29(38)25-13-22(15-32-28(25)31)23-16-33-36(2)17-23/h3-8,13-17,24H,9-12,18H2,1-2H3,(H2,31,32)(H,34,38)/t24-/m1/s1. The number of nitrogens with one attached hydrogen (secondary N) is 1. The Bertz CT molecular complexity index is 1580. The zero-order valence-corrected chi connectivity index (χ0v) is 22.5. The molecule has 40 heavy (non-hydrogen) atoms. The van der Waals surface area contributed by atoms with Crippen molar-refractivity contribution in [2.75, 3.05) is 43.9 Å². The zero-order chi connectivity index (χ0) is 27.8. The van der Waals surface area contributed by atoms with Crippen molar-refractivity contribution >= 4 is 23.3 Å². The van der Waals surface area contributed by atoms with Crippen LogP contribution in [0.5, 0.6) is 5.75 Å². The third kappa shape index (κ3) is 4.95. The fourth-order valence-corrected chi connectivity index (χ4v) is 5.24. The molecular formula is C30H31N7O3. The van der Waals surface area contributed by atoms with Gasteiger partial charge in [0.15, 0.2) is 0 Å². The number of aryl methyl sites for hydroxylation is 1. The second-order valence-electron chi connectivity index (χ2n) is 10.3. The minimum atomic E-state index is -0.306. The van der Waals surface area contributed by atoms with Gasteiger partial charge in [-0.05, 0) is 47.9 Å². The number of hydrogen-bond donors (Lipinski definition) is 2. The first-order valence-corrected chi connectivity index (χ1v) is 13.3. The molecular weight excluding hydrogens is 506 g/mol. The van der Waals surface area contributed by atoms with E-state index in [2.05, 4.69) is 39.5 Å². The van der Waals surface area contributed by atoms with Gasteiger partial charge in [-0.15, -0.1) is 0 Å². The molecule has 10 nitrogen and oxygen atoms in total. The van der Waals surface area contributed by atoms with Gasteiger partial charge < -0.3 is 25.6 Å². The minimum absolute atomic E-state index is 0.0570. The number of likely N-dealkylation sites (tertiary alicyclic amines) is 1. The molecule has 0 saturated carbocycles. The molecule has 1 fully saturated rings. The summed E-state index contributed by atoms with van der Waals surface area (Å²) in [6, 6.07) is 15.4. The lowest BCUT2D eigenvalue weighted by molar-refractivity contribution is 0.0783.